The summed E-state index contributed by atoms with van der Waals surface area (Å²) < 4.78 is 0. The molecular weight excluding hydrogens is 260 g/mol. The standard InChI is InChI=1S/C10H11ClN4O3/c11-7-2-8(15(17)18)10(13-4-7)14-5-6(3-12)1-9(14)16/h2,4,6H,1,3,5,12H2. The molecule has 2 rings (SSSR count). The van der Waals surface area contributed by atoms with Crippen molar-refractivity contribution in [3.05, 3.63) is 27.4 Å². The number of aromatic nitrogens is 1. The summed E-state index contributed by atoms with van der Waals surface area (Å²) in [4.78, 5) is 27.3. The lowest BCUT2D eigenvalue weighted by Crippen LogP contribution is -2.27. The first-order valence-electron chi connectivity index (χ1n) is 5.33. The molecule has 2 N–H and O–H groups in total. The number of nitrogens with two attached hydrogens (primary N) is 1. The number of nitrogens with zero attached hydrogens (tertiary/aromatic N) is 3. The molecule has 0 saturated carbocycles. The molecule has 1 aliphatic heterocycles. The molecule has 18 heavy (non-hydrogen) atoms. The third kappa shape index (κ3) is 2.27. The summed E-state index contributed by atoms with van der Waals surface area (Å²) in [7, 11) is 0. The van der Waals surface area contributed by atoms with Crippen LogP contribution in [0.3, 0.4) is 0 Å². The molecule has 2 heterocycles. The topological polar surface area (TPSA) is 102 Å². The van der Waals surface area contributed by atoms with Gasteiger partial charge in [-0.15, -0.1) is 0 Å². The molecule has 0 aliphatic carbocycles. The molecule has 1 atom stereocenters. The molecule has 1 fully saturated rings. The van der Waals surface area contributed by atoms with E-state index in [9.17, 15) is 14.9 Å². The van der Waals surface area contributed by atoms with E-state index < -0.39 is 4.92 Å². The lowest BCUT2D eigenvalue weighted by atomic mass is 10.1. The Morgan fingerprint density at radius 1 is 1.67 bits per heavy atom. The number of anilines is 1. The fourth-order valence-electron chi connectivity index (χ4n) is 1.91. The molecule has 7 nitrogen and oxygen atoms in total. The van der Waals surface area contributed by atoms with Crippen LogP contribution in [0.15, 0.2) is 12.3 Å². The van der Waals surface area contributed by atoms with Crippen molar-refractivity contribution in [2.75, 3.05) is 18.0 Å². The van der Waals surface area contributed by atoms with E-state index in [1.807, 2.05) is 0 Å². The van der Waals surface area contributed by atoms with Gasteiger partial charge in [-0.1, -0.05) is 11.6 Å². The van der Waals surface area contributed by atoms with E-state index in [4.69, 9.17) is 17.3 Å². The molecule has 1 unspecified atom stereocenters. The van der Waals surface area contributed by atoms with Crippen LogP contribution in [-0.4, -0.2) is 28.9 Å². The maximum absolute atomic E-state index is 11.8. The Morgan fingerprint density at radius 3 is 2.94 bits per heavy atom. The van der Waals surface area contributed by atoms with Gasteiger partial charge >= 0.3 is 5.69 Å². The van der Waals surface area contributed by atoms with Crippen LogP contribution >= 0.6 is 11.6 Å². The van der Waals surface area contributed by atoms with Crippen molar-refractivity contribution in [3.63, 3.8) is 0 Å². The molecule has 0 radical (unpaired) electrons. The van der Waals surface area contributed by atoms with Gasteiger partial charge in [0, 0.05) is 25.2 Å². The number of hydrogen-bond acceptors (Lipinski definition) is 5. The van der Waals surface area contributed by atoms with E-state index in [0.29, 0.717) is 13.1 Å². The molecule has 1 aromatic heterocycles. The summed E-state index contributed by atoms with van der Waals surface area (Å²) in [5.74, 6) is -0.164. The minimum absolute atomic E-state index is 0.00887. The second-order valence-electron chi connectivity index (χ2n) is 4.06. The molecule has 1 amide bonds. The summed E-state index contributed by atoms with van der Waals surface area (Å²) in [6.45, 7) is 0.717. The van der Waals surface area contributed by atoms with Gasteiger partial charge in [0.05, 0.1) is 9.95 Å². The zero-order valence-electron chi connectivity index (χ0n) is 9.38. The Balaban J connectivity index is 2.39. The number of carbonyl (C=O) groups is 1. The Kier molecular flexibility index (Phi) is 3.44. The zero-order chi connectivity index (χ0) is 13.3. The minimum atomic E-state index is -0.600. The van der Waals surface area contributed by atoms with Gasteiger partial charge in [-0.05, 0) is 12.5 Å². The van der Waals surface area contributed by atoms with Crippen LogP contribution in [0.5, 0.6) is 0 Å². The van der Waals surface area contributed by atoms with Crippen molar-refractivity contribution in [2.45, 2.75) is 6.42 Å². The van der Waals surface area contributed by atoms with E-state index in [1.54, 1.807) is 0 Å². The monoisotopic (exact) mass is 270 g/mol. The van der Waals surface area contributed by atoms with E-state index in [1.165, 1.54) is 17.2 Å². The maximum Gasteiger partial charge on any atom is 0.313 e. The number of carbonyl (C=O) groups excluding carboxylic acids is 1. The number of hydrogen-bond donors (Lipinski definition) is 1. The zero-order valence-corrected chi connectivity index (χ0v) is 10.1. The second-order valence-corrected chi connectivity index (χ2v) is 4.50. The van der Waals surface area contributed by atoms with Crippen LogP contribution in [0.4, 0.5) is 11.5 Å². The summed E-state index contributed by atoms with van der Waals surface area (Å²) in [5, 5.41) is 11.1. The van der Waals surface area contributed by atoms with Gasteiger partial charge in [0.1, 0.15) is 0 Å². The van der Waals surface area contributed by atoms with Crippen LogP contribution in [0.2, 0.25) is 5.02 Å². The van der Waals surface area contributed by atoms with Crippen LogP contribution in [0, 0.1) is 16.0 Å². The third-order valence-electron chi connectivity index (χ3n) is 2.80. The first kappa shape index (κ1) is 12.7. The fourth-order valence-corrected chi connectivity index (χ4v) is 2.06. The molecule has 1 aromatic rings. The fraction of sp³-hybridized carbons (Fsp3) is 0.400. The Morgan fingerprint density at radius 2 is 2.39 bits per heavy atom. The number of rotatable bonds is 3. The number of pyridine rings is 1. The van der Waals surface area contributed by atoms with Gasteiger partial charge in [0.15, 0.2) is 0 Å². The first-order valence-corrected chi connectivity index (χ1v) is 5.71. The molecule has 0 aromatic carbocycles. The number of nitro groups is 1. The van der Waals surface area contributed by atoms with Gasteiger partial charge in [-0.2, -0.15) is 0 Å². The van der Waals surface area contributed by atoms with Crippen LogP contribution in [-0.2, 0) is 4.79 Å². The van der Waals surface area contributed by atoms with E-state index >= 15 is 0 Å². The molecule has 1 saturated heterocycles. The summed E-state index contributed by atoms with van der Waals surface area (Å²) in [6.07, 6.45) is 1.57. The Labute approximate surface area is 108 Å². The minimum Gasteiger partial charge on any atom is -0.330 e. The third-order valence-corrected chi connectivity index (χ3v) is 3.01. The predicted molar refractivity (Wildman–Crippen MR) is 65.4 cm³/mol. The van der Waals surface area contributed by atoms with E-state index in [2.05, 4.69) is 4.98 Å². The smallest absolute Gasteiger partial charge is 0.313 e. The Hall–Kier alpha value is -1.73. The average molecular weight is 271 g/mol. The molecular formula is C10H11ClN4O3. The highest BCUT2D eigenvalue weighted by atomic mass is 35.5. The molecule has 96 valence electrons. The first-order chi connectivity index (χ1) is 8.52. The van der Waals surface area contributed by atoms with E-state index in [-0.39, 0.29) is 34.8 Å². The van der Waals surface area contributed by atoms with Crippen molar-refractivity contribution >= 4 is 29.0 Å². The largest absolute Gasteiger partial charge is 0.330 e. The number of amides is 1. The maximum atomic E-state index is 11.8. The van der Waals surface area contributed by atoms with Gasteiger partial charge in [-0.25, -0.2) is 4.98 Å². The lowest BCUT2D eigenvalue weighted by molar-refractivity contribution is -0.384. The van der Waals surface area contributed by atoms with Crippen molar-refractivity contribution in [3.8, 4) is 0 Å². The van der Waals surface area contributed by atoms with Gasteiger partial charge in [-0.3, -0.25) is 19.8 Å². The summed E-state index contributed by atoms with van der Waals surface area (Å²) in [6, 6.07) is 1.19. The highest BCUT2D eigenvalue weighted by Gasteiger charge is 2.34. The van der Waals surface area contributed by atoms with Crippen molar-refractivity contribution < 1.29 is 9.72 Å². The van der Waals surface area contributed by atoms with Crippen molar-refractivity contribution in [1.29, 1.82) is 0 Å². The van der Waals surface area contributed by atoms with Crippen LogP contribution in [0.25, 0.3) is 0 Å². The van der Waals surface area contributed by atoms with Crippen LogP contribution in [0.1, 0.15) is 6.42 Å². The summed E-state index contributed by atoms with van der Waals surface area (Å²) in [5.41, 5.74) is 5.23. The molecule has 1 aliphatic rings. The molecule has 8 heteroatoms. The van der Waals surface area contributed by atoms with Crippen molar-refractivity contribution in [2.24, 2.45) is 11.7 Å². The normalized spacial score (nSPS) is 19.3. The van der Waals surface area contributed by atoms with Gasteiger partial charge < -0.3 is 5.73 Å². The molecule has 0 bridgehead atoms. The Bertz CT molecular complexity index is 508. The van der Waals surface area contributed by atoms with Gasteiger partial charge in [0.2, 0.25) is 11.7 Å². The van der Waals surface area contributed by atoms with Crippen LogP contribution < -0.4 is 10.6 Å². The SMILES string of the molecule is NCC1CC(=O)N(c2ncc(Cl)cc2[N+](=O)[O-])C1. The summed E-state index contributed by atoms with van der Waals surface area (Å²) >= 11 is 5.67. The second kappa shape index (κ2) is 4.87. The number of halogens is 1. The molecule has 0 spiro atoms. The predicted octanol–water partition coefficient (Wildman–Crippen LogP) is 0.955. The highest BCUT2D eigenvalue weighted by Crippen LogP contribution is 2.32. The van der Waals surface area contributed by atoms with E-state index in [0.717, 1.165) is 0 Å². The average Bonchev–Trinajstić information content (AvgIpc) is 2.70. The highest BCUT2D eigenvalue weighted by molar-refractivity contribution is 6.30. The quantitative estimate of drug-likeness (QED) is 0.651. The van der Waals surface area contributed by atoms with Crippen molar-refractivity contribution in [1.82, 2.24) is 4.98 Å². The lowest BCUT2D eigenvalue weighted by Gasteiger charge is -2.15. The van der Waals surface area contributed by atoms with Gasteiger partial charge in [0.25, 0.3) is 0 Å².